The van der Waals surface area contributed by atoms with Crippen molar-refractivity contribution in [3.8, 4) is 11.4 Å². The van der Waals surface area contributed by atoms with Crippen molar-refractivity contribution in [1.29, 1.82) is 0 Å². The zero-order chi connectivity index (χ0) is 16.8. The highest BCUT2D eigenvalue weighted by molar-refractivity contribution is 14.0. The number of nitrogens with zero attached hydrogens (tertiary/aromatic N) is 4. The Balaban J connectivity index is 0.00000225. The zero-order valence-electron chi connectivity index (χ0n) is 14.9. The van der Waals surface area contributed by atoms with Gasteiger partial charge in [-0.05, 0) is 37.3 Å². The quantitative estimate of drug-likeness (QED) is 0.423. The van der Waals surface area contributed by atoms with E-state index in [4.69, 9.17) is 4.99 Å². The molecule has 25 heavy (non-hydrogen) atoms. The highest BCUT2D eigenvalue weighted by atomic mass is 127. The number of hydrogen-bond acceptors (Lipinski definition) is 3. The van der Waals surface area contributed by atoms with Crippen molar-refractivity contribution in [2.24, 2.45) is 10.9 Å². The normalized spacial score (nSPS) is 17.9. The Labute approximate surface area is 166 Å². The van der Waals surface area contributed by atoms with Crippen LogP contribution < -0.4 is 5.32 Å². The Hall–Kier alpha value is -1.64. The molecule has 3 rings (SSSR count). The number of rotatable bonds is 4. The van der Waals surface area contributed by atoms with Crippen molar-refractivity contribution < 1.29 is 0 Å². The van der Waals surface area contributed by atoms with E-state index in [-0.39, 0.29) is 24.0 Å². The third kappa shape index (κ3) is 5.42. The van der Waals surface area contributed by atoms with E-state index in [9.17, 15) is 0 Å². The van der Waals surface area contributed by atoms with Gasteiger partial charge in [0.15, 0.2) is 11.8 Å². The molecule has 1 saturated heterocycles. The van der Waals surface area contributed by atoms with Crippen molar-refractivity contribution in [2.75, 3.05) is 19.6 Å². The van der Waals surface area contributed by atoms with Crippen LogP contribution in [0.5, 0.6) is 0 Å². The van der Waals surface area contributed by atoms with E-state index in [0.29, 0.717) is 6.54 Å². The van der Waals surface area contributed by atoms with Crippen molar-refractivity contribution in [2.45, 2.75) is 33.2 Å². The van der Waals surface area contributed by atoms with E-state index in [1.807, 2.05) is 12.1 Å². The fourth-order valence-corrected chi connectivity index (χ4v) is 3.14. The molecule has 0 spiro atoms. The van der Waals surface area contributed by atoms with Gasteiger partial charge in [0, 0.05) is 25.2 Å². The van der Waals surface area contributed by atoms with Crippen LogP contribution in [0.25, 0.3) is 11.4 Å². The maximum absolute atomic E-state index is 4.85. The van der Waals surface area contributed by atoms with Gasteiger partial charge in [0.05, 0.1) is 6.54 Å². The standard InChI is InChI=1S/C18H26N6.HI/c1-3-19-18(24-9-5-6-14(2)12-24)20-11-15-7-4-8-16(10-15)17-21-13-22-23-17;/h4,7-8,10,13-14H,3,5-6,9,11-12H2,1-2H3,(H,19,20)(H,21,22,23);1H. The highest BCUT2D eigenvalue weighted by Crippen LogP contribution is 2.17. The van der Waals surface area contributed by atoms with Gasteiger partial charge >= 0.3 is 0 Å². The molecule has 1 fully saturated rings. The molecule has 1 unspecified atom stereocenters. The van der Waals surface area contributed by atoms with Gasteiger partial charge in [0.1, 0.15) is 6.33 Å². The molecular formula is C18H27IN6. The molecule has 0 amide bonds. The molecular weight excluding hydrogens is 427 g/mol. The van der Waals surface area contributed by atoms with Crippen LogP contribution >= 0.6 is 24.0 Å². The van der Waals surface area contributed by atoms with Crippen LogP contribution in [-0.2, 0) is 6.54 Å². The fraction of sp³-hybridized carbons (Fsp3) is 0.500. The number of guanidine groups is 1. The molecule has 1 aliphatic heterocycles. The van der Waals surface area contributed by atoms with Gasteiger partial charge in [0.2, 0.25) is 0 Å². The maximum atomic E-state index is 4.85. The molecule has 2 N–H and O–H groups in total. The third-order valence-electron chi connectivity index (χ3n) is 4.32. The lowest BCUT2D eigenvalue weighted by atomic mass is 10.0. The molecule has 1 aromatic carbocycles. The minimum atomic E-state index is 0. The second-order valence-electron chi connectivity index (χ2n) is 6.40. The first-order valence-electron chi connectivity index (χ1n) is 8.74. The summed E-state index contributed by atoms with van der Waals surface area (Å²) in [7, 11) is 0. The average molecular weight is 454 g/mol. The van der Waals surface area contributed by atoms with Crippen molar-refractivity contribution in [3.63, 3.8) is 0 Å². The third-order valence-corrected chi connectivity index (χ3v) is 4.32. The van der Waals surface area contributed by atoms with Crippen molar-refractivity contribution >= 4 is 29.9 Å². The number of piperidine rings is 1. The molecule has 0 bridgehead atoms. The summed E-state index contributed by atoms with van der Waals surface area (Å²) >= 11 is 0. The molecule has 2 aromatic rings. The van der Waals surface area contributed by atoms with Crippen LogP contribution in [-0.4, -0.2) is 45.7 Å². The Bertz CT molecular complexity index is 670. The Morgan fingerprint density at radius 1 is 1.44 bits per heavy atom. The minimum absolute atomic E-state index is 0. The predicted octanol–water partition coefficient (Wildman–Crippen LogP) is 3.29. The van der Waals surface area contributed by atoms with Gasteiger partial charge in [-0.25, -0.2) is 9.98 Å². The second-order valence-corrected chi connectivity index (χ2v) is 6.40. The van der Waals surface area contributed by atoms with E-state index in [1.54, 1.807) is 0 Å². The number of aromatic nitrogens is 3. The molecule has 2 heterocycles. The Morgan fingerprint density at radius 3 is 3.04 bits per heavy atom. The number of aliphatic imine (C=N–C) groups is 1. The van der Waals surface area contributed by atoms with Gasteiger partial charge in [0.25, 0.3) is 0 Å². The first-order chi connectivity index (χ1) is 11.8. The number of halogens is 1. The SMILES string of the molecule is CCNC(=NCc1cccc(-c2ncn[nH]2)c1)N1CCCC(C)C1.I. The summed E-state index contributed by atoms with van der Waals surface area (Å²) in [5, 5.41) is 10.3. The molecule has 1 atom stereocenters. The second kappa shape index (κ2) is 9.74. The molecule has 1 aliphatic rings. The first kappa shape index (κ1) is 19.7. The zero-order valence-corrected chi connectivity index (χ0v) is 17.2. The molecule has 0 aliphatic carbocycles. The minimum Gasteiger partial charge on any atom is -0.357 e. The lowest BCUT2D eigenvalue weighted by Gasteiger charge is -2.33. The highest BCUT2D eigenvalue weighted by Gasteiger charge is 2.19. The van der Waals surface area contributed by atoms with Gasteiger partial charge < -0.3 is 10.2 Å². The van der Waals surface area contributed by atoms with Gasteiger partial charge in [-0.1, -0.05) is 25.1 Å². The van der Waals surface area contributed by atoms with E-state index in [2.05, 4.69) is 51.4 Å². The summed E-state index contributed by atoms with van der Waals surface area (Å²) in [6.07, 6.45) is 4.09. The van der Waals surface area contributed by atoms with Gasteiger partial charge in [-0.2, -0.15) is 5.10 Å². The first-order valence-corrected chi connectivity index (χ1v) is 8.74. The van der Waals surface area contributed by atoms with Crippen LogP contribution in [0.4, 0.5) is 0 Å². The topological polar surface area (TPSA) is 69.2 Å². The Kier molecular flexibility index (Phi) is 7.67. The van der Waals surface area contributed by atoms with Crippen molar-refractivity contribution in [3.05, 3.63) is 36.2 Å². The molecule has 0 saturated carbocycles. The van der Waals surface area contributed by atoms with Crippen LogP contribution in [0.2, 0.25) is 0 Å². The number of H-pyrrole nitrogens is 1. The van der Waals surface area contributed by atoms with Crippen LogP contribution in [0.15, 0.2) is 35.6 Å². The molecule has 1 aromatic heterocycles. The summed E-state index contributed by atoms with van der Waals surface area (Å²) in [6, 6.07) is 8.29. The fourth-order valence-electron chi connectivity index (χ4n) is 3.14. The van der Waals surface area contributed by atoms with E-state index in [1.165, 1.54) is 24.7 Å². The van der Waals surface area contributed by atoms with E-state index >= 15 is 0 Å². The lowest BCUT2D eigenvalue weighted by molar-refractivity contribution is 0.266. The number of nitrogens with one attached hydrogen (secondary N) is 2. The van der Waals surface area contributed by atoms with E-state index < -0.39 is 0 Å². The summed E-state index contributed by atoms with van der Waals surface area (Å²) in [5.74, 6) is 2.55. The lowest BCUT2D eigenvalue weighted by Crippen LogP contribution is -2.46. The van der Waals surface area contributed by atoms with Crippen LogP contribution in [0, 0.1) is 5.92 Å². The average Bonchev–Trinajstić information content (AvgIpc) is 3.13. The van der Waals surface area contributed by atoms with Crippen molar-refractivity contribution in [1.82, 2.24) is 25.4 Å². The molecule has 136 valence electrons. The number of aromatic amines is 1. The molecule has 0 radical (unpaired) electrons. The monoisotopic (exact) mass is 454 g/mol. The summed E-state index contributed by atoms with van der Waals surface area (Å²) in [5.41, 5.74) is 2.21. The smallest absolute Gasteiger partial charge is 0.194 e. The maximum Gasteiger partial charge on any atom is 0.194 e. The summed E-state index contributed by atoms with van der Waals surface area (Å²) in [6.45, 7) is 8.17. The largest absolute Gasteiger partial charge is 0.357 e. The predicted molar refractivity (Wildman–Crippen MR) is 112 cm³/mol. The van der Waals surface area contributed by atoms with Crippen LogP contribution in [0.3, 0.4) is 0 Å². The number of benzene rings is 1. The molecule has 7 heteroatoms. The summed E-state index contributed by atoms with van der Waals surface area (Å²) < 4.78 is 0. The van der Waals surface area contributed by atoms with Gasteiger partial charge in [-0.3, -0.25) is 5.10 Å². The van der Waals surface area contributed by atoms with Gasteiger partial charge in [-0.15, -0.1) is 24.0 Å². The number of likely N-dealkylation sites (tertiary alicyclic amines) is 1. The number of hydrogen-bond donors (Lipinski definition) is 2. The van der Waals surface area contributed by atoms with E-state index in [0.717, 1.165) is 42.9 Å². The van der Waals surface area contributed by atoms with Crippen LogP contribution in [0.1, 0.15) is 32.3 Å². The Morgan fingerprint density at radius 2 is 2.32 bits per heavy atom. The molecule has 6 nitrogen and oxygen atoms in total. The summed E-state index contributed by atoms with van der Waals surface area (Å²) in [4.78, 5) is 11.4.